The van der Waals surface area contributed by atoms with Crippen LogP contribution in [0.1, 0.15) is 26.7 Å². The zero-order valence-electron chi connectivity index (χ0n) is 9.52. The van der Waals surface area contributed by atoms with Crippen LogP contribution in [0.5, 0.6) is 0 Å². The Morgan fingerprint density at radius 1 is 1.06 bits per heavy atom. The lowest BCUT2D eigenvalue weighted by Crippen LogP contribution is -2.40. The maximum Gasteiger partial charge on any atom is 0.330 e. The van der Waals surface area contributed by atoms with Gasteiger partial charge in [-0.2, -0.15) is 0 Å². The molecule has 0 saturated carbocycles. The number of hydrogen-bond acceptors (Lipinski definition) is 6. The monoisotopic (exact) mass is 231 g/mol. The molecule has 0 aliphatic heterocycles. The summed E-state index contributed by atoms with van der Waals surface area (Å²) in [5.41, 5.74) is 5.33. The molecule has 0 aromatic rings. The van der Waals surface area contributed by atoms with Crippen molar-refractivity contribution in [3.63, 3.8) is 0 Å². The number of hydrogen-bond donors (Lipinski definition) is 1. The molecule has 0 aliphatic carbocycles. The quantitative estimate of drug-likeness (QED) is 0.481. The molecule has 0 spiro atoms. The van der Waals surface area contributed by atoms with Gasteiger partial charge >= 0.3 is 11.9 Å². The highest BCUT2D eigenvalue weighted by molar-refractivity contribution is 6.03. The second kappa shape index (κ2) is 7.81. The van der Waals surface area contributed by atoms with Crippen molar-refractivity contribution in [3.05, 3.63) is 0 Å². The van der Waals surface area contributed by atoms with Gasteiger partial charge in [0.05, 0.1) is 19.6 Å². The minimum absolute atomic E-state index is 0.0697. The normalized spacial score (nSPS) is 11.7. The van der Waals surface area contributed by atoms with E-state index in [0.29, 0.717) is 0 Å². The van der Waals surface area contributed by atoms with Gasteiger partial charge in [-0.05, 0) is 13.8 Å². The van der Waals surface area contributed by atoms with Gasteiger partial charge in [0, 0.05) is 6.42 Å². The second-order valence-electron chi connectivity index (χ2n) is 3.00. The molecule has 2 N–H and O–H groups in total. The van der Waals surface area contributed by atoms with Gasteiger partial charge in [-0.15, -0.1) is 0 Å². The zero-order valence-corrected chi connectivity index (χ0v) is 9.52. The first-order valence-corrected chi connectivity index (χ1v) is 5.13. The van der Waals surface area contributed by atoms with Crippen LogP contribution in [0.3, 0.4) is 0 Å². The zero-order chi connectivity index (χ0) is 12.6. The molecule has 0 aromatic heterocycles. The molecule has 6 nitrogen and oxygen atoms in total. The SMILES string of the molecule is CCOC(=O)CCC(=O)C(N)C(=O)OCC. The van der Waals surface area contributed by atoms with Crippen molar-refractivity contribution in [2.45, 2.75) is 32.7 Å². The van der Waals surface area contributed by atoms with Gasteiger partial charge in [0.25, 0.3) is 0 Å². The number of Topliss-reactive ketones (excluding diaryl/α,β-unsaturated/α-hetero) is 1. The lowest BCUT2D eigenvalue weighted by atomic mass is 10.1. The van der Waals surface area contributed by atoms with E-state index in [0.717, 1.165) is 0 Å². The topological polar surface area (TPSA) is 95.7 Å². The first kappa shape index (κ1) is 14.6. The predicted octanol–water partition coefficient (Wildman–Crippen LogP) is -0.211. The van der Waals surface area contributed by atoms with E-state index in [1.165, 1.54) is 0 Å². The molecule has 0 radical (unpaired) electrons. The second-order valence-corrected chi connectivity index (χ2v) is 3.00. The molecule has 1 unspecified atom stereocenters. The van der Waals surface area contributed by atoms with Crippen LogP contribution >= 0.6 is 0 Å². The molecular formula is C10H17NO5. The largest absolute Gasteiger partial charge is 0.466 e. The first-order valence-electron chi connectivity index (χ1n) is 5.13. The molecular weight excluding hydrogens is 214 g/mol. The van der Waals surface area contributed by atoms with E-state index in [9.17, 15) is 14.4 Å². The lowest BCUT2D eigenvalue weighted by molar-refractivity contribution is -0.149. The standard InChI is InChI=1S/C10H17NO5/c1-3-15-8(13)6-5-7(12)9(11)10(14)16-4-2/h9H,3-6,11H2,1-2H3. The van der Waals surface area contributed by atoms with E-state index in [4.69, 9.17) is 5.73 Å². The van der Waals surface area contributed by atoms with E-state index in [2.05, 4.69) is 9.47 Å². The number of carbonyl (C=O) groups is 3. The van der Waals surface area contributed by atoms with Gasteiger partial charge in [0.2, 0.25) is 0 Å². The molecule has 0 aromatic carbocycles. The molecule has 0 aliphatic rings. The van der Waals surface area contributed by atoms with E-state index >= 15 is 0 Å². The minimum Gasteiger partial charge on any atom is -0.466 e. The van der Waals surface area contributed by atoms with Crippen LogP contribution in [0.15, 0.2) is 0 Å². The summed E-state index contributed by atoms with van der Waals surface area (Å²) in [5.74, 6) is -1.77. The van der Waals surface area contributed by atoms with Gasteiger partial charge in [-0.25, -0.2) is 4.79 Å². The molecule has 92 valence electrons. The molecule has 6 heteroatoms. The average molecular weight is 231 g/mol. The van der Waals surface area contributed by atoms with E-state index in [1.807, 2.05) is 0 Å². The Hall–Kier alpha value is -1.43. The van der Waals surface area contributed by atoms with Crippen LogP contribution in [0.2, 0.25) is 0 Å². The molecule has 0 amide bonds. The van der Waals surface area contributed by atoms with Crippen molar-refractivity contribution < 1.29 is 23.9 Å². The molecule has 1 atom stereocenters. The van der Waals surface area contributed by atoms with Gasteiger partial charge in [0.1, 0.15) is 0 Å². The summed E-state index contributed by atoms with van der Waals surface area (Å²) in [4.78, 5) is 33.3. The number of ether oxygens (including phenoxy) is 2. The molecule has 0 heterocycles. The van der Waals surface area contributed by atoms with Crippen molar-refractivity contribution in [2.75, 3.05) is 13.2 Å². The van der Waals surface area contributed by atoms with Crippen LogP contribution in [0.4, 0.5) is 0 Å². The number of nitrogens with two attached hydrogens (primary N) is 1. The summed E-state index contributed by atoms with van der Waals surface area (Å²) in [6.07, 6.45) is -0.182. The first-order chi connectivity index (χ1) is 7.52. The van der Waals surface area contributed by atoms with Crippen molar-refractivity contribution in [1.29, 1.82) is 0 Å². The van der Waals surface area contributed by atoms with Crippen molar-refractivity contribution in [1.82, 2.24) is 0 Å². The summed E-state index contributed by atoms with van der Waals surface area (Å²) < 4.78 is 9.21. The van der Waals surface area contributed by atoms with Crippen molar-refractivity contribution >= 4 is 17.7 Å². The van der Waals surface area contributed by atoms with Crippen LogP contribution in [-0.4, -0.2) is 37.0 Å². The van der Waals surface area contributed by atoms with Crippen LogP contribution < -0.4 is 5.73 Å². The Balaban J connectivity index is 3.96. The van der Waals surface area contributed by atoms with Crippen LogP contribution in [0, 0.1) is 0 Å². The average Bonchev–Trinajstić information content (AvgIpc) is 2.25. The predicted molar refractivity (Wildman–Crippen MR) is 55.5 cm³/mol. The summed E-state index contributed by atoms with van der Waals surface area (Å²) in [6.45, 7) is 3.71. The number of esters is 2. The maximum atomic E-state index is 11.3. The van der Waals surface area contributed by atoms with Gasteiger partial charge in [0.15, 0.2) is 11.8 Å². The molecule has 16 heavy (non-hydrogen) atoms. The molecule has 0 saturated heterocycles. The fourth-order valence-electron chi connectivity index (χ4n) is 0.977. The number of rotatable bonds is 7. The van der Waals surface area contributed by atoms with Gasteiger partial charge in [-0.1, -0.05) is 0 Å². The number of ketones is 1. The number of carbonyl (C=O) groups excluding carboxylic acids is 3. The highest BCUT2D eigenvalue weighted by Gasteiger charge is 2.23. The van der Waals surface area contributed by atoms with E-state index < -0.39 is 23.8 Å². The van der Waals surface area contributed by atoms with Crippen molar-refractivity contribution in [2.24, 2.45) is 5.73 Å². The van der Waals surface area contributed by atoms with E-state index in [-0.39, 0.29) is 26.1 Å². The van der Waals surface area contributed by atoms with Crippen LogP contribution in [-0.2, 0) is 23.9 Å². The fraction of sp³-hybridized carbons (Fsp3) is 0.700. The third-order valence-corrected chi connectivity index (χ3v) is 1.77. The Kier molecular flexibility index (Phi) is 7.11. The van der Waals surface area contributed by atoms with Gasteiger partial charge in [-0.3, -0.25) is 9.59 Å². The van der Waals surface area contributed by atoms with Gasteiger partial charge < -0.3 is 15.2 Å². The fourth-order valence-corrected chi connectivity index (χ4v) is 0.977. The Labute approximate surface area is 94.1 Å². The molecule has 0 bridgehead atoms. The third-order valence-electron chi connectivity index (χ3n) is 1.77. The Morgan fingerprint density at radius 2 is 1.62 bits per heavy atom. The summed E-state index contributed by atoms with van der Waals surface area (Å²) >= 11 is 0. The smallest absolute Gasteiger partial charge is 0.330 e. The summed E-state index contributed by atoms with van der Waals surface area (Å²) in [7, 11) is 0. The molecule has 0 fully saturated rings. The Morgan fingerprint density at radius 3 is 2.12 bits per heavy atom. The summed E-state index contributed by atoms with van der Waals surface area (Å²) in [6, 6.07) is -1.31. The highest BCUT2D eigenvalue weighted by Crippen LogP contribution is 1.99. The third kappa shape index (κ3) is 5.45. The van der Waals surface area contributed by atoms with Crippen LogP contribution in [0.25, 0.3) is 0 Å². The Bertz CT molecular complexity index is 264. The summed E-state index contributed by atoms with van der Waals surface area (Å²) in [5, 5.41) is 0. The van der Waals surface area contributed by atoms with E-state index in [1.54, 1.807) is 13.8 Å². The molecule has 0 rings (SSSR count). The minimum atomic E-state index is -1.31. The lowest BCUT2D eigenvalue weighted by Gasteiger charge is -2.08. The highest BCUT2D eigenvalue weighted by atomic mass is 16.5. The maximum absolute atomic E-state index is 11.3. The van der Waals surface area contributed by atoms with Crippen molar-refractivity contribution in [3.8, 4) is 0 Å².